The normalized spacial score (nSPS) is 10.7. The van der Waals surface area contributed by atoms with Crippen LogP contribution in [0, 0.1) is 17.9 Å². The quantitative estimate of drug-likeness (QED) is 0.192. The first-order chi connectivity index (χ1) is 21.2. The molecule has 0 aliphatic carbocycles. The molecule has 1 aromatic heterocycles. The van der Waals surface area contributed by atoms with E-state index in [1.165, 1.54) is 0 Å². The molecule has 0 spiro atoms. The average Bonchev–Trinajstić information content (AvgIpc) is 3.44. The largest absolute Gasteiger partial charge is 0.457 e. The molecule has 0 bridgehead atoms. The minimum absolute atomic E-state index is 0.309. The molecule has 0 unspecified atom stereocenters. The number of para-hydroxylation sites is 2. The number of hydrogen-bond acceptors (Lipinski definition) is 4. The summed E-state index contributed by atoms with van der Waals surface area (Å²) in [6, 6.07) is 47.5. The Hall–Kier alpha value is -6.30. The molecule has 0 amide bonds. The summed E-state index contributed by atoms with van der Waals surface area (Å²) in [7, 11) is 0. The number of nitriles is 1. The molecule has 6 aromatic carbocycles. The number of hydrogen-bond donors (Lipinski definition) is 0. The summed E-state index contributed by atoms with van der Waals surface area (Å²) in [5.41, 5.74) is 6.58. The van der Waals surface area contributed by atoms with Gasteiger partial charge in [-0.25, -0.2) is 4.85 Å². The van der Waals surface area contributed by atoms with Gasteiger partial charge in [0.1, 0.15) is 22.7 Å². The fraction of sp³-hybridized carbons (Fsp3) is 0. The second-order valence-corrected chi connectivity index (χ2v) is 10.00. The van der Waals surface area contributed by atoms with E-state index in [9.17, 15) is 5.26 Å². The zero-order valence-electron chi connectivity index (χ0n) is 22.9. The van der Waals surface area contributed by atoms with E-state index < -0.39 is 0 Å². The van der Waals surface area contributed by atoms with E-state index >= 15 is 0 Å². The molecule has 0 aliphatic heterocycles. The van der Waals surface area contributed by atoms with Crippen LogP contribution in [0.4, 0.5) is 22.7 Å². The SMILES string of the molecule is [C-]#[N+]c1cccc(N(c2ccc(-c3ccc(Oc4ccccc4)cc3)cc2)c2ccc3c(c2)oc2ccccc23)c1C#N. The van der Waals surface area contributed by atoms with Crippen molar-refractivity contribution in [3.63, 3.8) is 0 Å². The van der Waals surface area contributed by atoms with Crippen molar-refractivity contribution in [2.45, 2.75) is 0 Å². The zero-order valence-corrected chi connectivity index (χ0v) is 22.9. The highest BCUT2D eigenvalue weighted by molar-refractivity contribution is 6.06. The molecular formula is C38H23N3O2. The first-order valence-electron chi connectivity index (χ1n) is 13.8. The highest BCUT2D eigenvalue weighted by Crippen LogP contribution is 2.42. The van der Waals surface area contributed by atoms with Crippen LogP contribution in [0.1, 0.15) is 5.56 Å². The number of fused-ring (bicyclic) bond motifs is 3. The fourth-order valence-corrected chi connectivity index (χ4v) is 5.35. The Bertz CT molecular complexity index is 2170. The zero-order chi connectivity index (χ0) is 29.2. The molecule has 7 aromatic rings. The molecule has 5 heteroatoms. The molecule has 0 saturated carbocycles. The number of benzene rings is 6. The third-order valence-corrected chi connectivity index (χ3v) is 7.41. The van der Waals surface area contributed by atoms with Crippen LogP contribution >= 0.6 is 0 Å². The third kappa shape index (κ3) is 4.82. The average molecular weight is 554 g/mol. The molecular weight excluding hydrogens is 530 g/mol. The van der Waals surface area contributed by atoms with Gasteiger partial charge in [0, 0.05) is 28.2 Å². The fourth-order valence-electron chi connectivity index (χ4n) is 5.35. The molecule has 0 atom stereocenters. The summed E-state index contributed by atoms with van der Waals surface area (Å²) in [6.07, 6.45) is 0. The number of furan rings is 1. The van der Waals surface area contributed by atoms with Crippen LogP contribution < -0.4 is 9.64 Å². The lowest BCUT2D eigenvalue weighted by molar-refractivity contribution is 0.483. The van der Waals surface area contributed by atoms with Crippen LogP contribution in [0.15, 0.2) is 144 Å². The van der Waals surface area contributed by atoms with E-state index in [1.54, 1.807) is 6.07 Å². The lowest BCUT2D eigenvalue weighted by Crippen LogP contribution is -2.11. The van der Waals surface area contributed by atoms with E-state index in [0.717, 1.165) is 55.9 Å². The van der Waals surface area contributed by atoms with Crippen LogP contribution in [0.25, 0.3) is 37.9 Å². The standard InChI is InChI=1S/C38H23N3O2/c1-40-35-11-7-12-36(34(35)25-39)41(29-20-23-33-32-10-5-6-13-37(32)43-38(33)24-29)28-18-14-26(15-19-28)27-16-21-31(22-17-27)42-30-8-3-2-4-9-30/h2-24H. The number of nitrogens with zero attached hydrogens (tertiary/aromatic N) is 3. The molecule has 0 aliphatic rings. The summed E-state index contributed by atoms with van der Waals surface area (Å²) in [5, 5.41) is 12.2. The van der Waals surface area contributed by atoms with Gasteiger partial charge in [-0.2, -0.15) is 5.26 Å². The molecule has 0 radical (unpaired) electrons. The van der Waals surface area contributed by atoms with Gasteiger partial charge in [0.2, 0.25) is 5.69 Å². The lowest BCUT2D eigenvalue weighted by atomic mass is 10.0. The van der Waals surface area contributed by atoms with Gasteiger partial charge < -0.3 is 14.1 Å². The Labute approximate surface area is 248 Å². The van der Waals surface area contributed by atoms with Gasteiger partial charge in [-0.15, -0.1) is 0 Å². The third-order valence-electron chi connectivity index (χ3n) is 7.41. The Kier molecular flexibility index (Phi) is 6.52. The minimum Gasteiger partial charge on any atom is -0.457 e. The summed E-state index contributed by atoms with van der Waals surface area (Å²) >= 11 is 0. The predicted octanol–water partition coefficient (Wildman–Crippen LogP) is 10.9. The van der Waals surface area contributed by atoms with E-state index in [2.05, 4.69) is 23.0 Å². The van der Waals surface area contributed by atoms with Gasteiger partial charge in [0.05, 0.1) is 23.9 Å². The lowest BCUT2D eigenvalue weighted by Gasteiger charge is -2.27. The molecule has 1 heterocycles. The predicted molar refractivity (Wildman–Crippen MR) is 171 cm³/mol. The van der Waals surface area contributed by atoms with E-state index in [0.29, 0.717) is 16.9 Å². The van der Waals surface area contributed by atoms with Crippen LogP contribution in [-0.4, -0.2) is 0 Å². The van der Waals surface area contributed by atoms with Crippen molar-refractivity contribution in [2.24, 2.45) is 0 Å². The summed E-state index contributed by atoms with van der Waals surface area (Å²) in [4.78, 5) is 5.61. The van der Waals surface area contributed by atoms with Gasteiger partial charge in [-0.05, 0) is 71.8 Å². The maximum Gasteiger partial charge on any atom is 0.206 e. The minimum atomic E-state index is 0.309. The smallest absolute Gasteiger partial charge is 0.206 e. The van der Waals surface area contributed by atoms with Gasteiger partial charge in [-0.3, -0.25) is 0 Å². The highest BCUT2D eigenvalue weighted by Gasteiger charge is 2.20. The summed E-state index contributed by atoms with van der Waals surface area (Å²) in [6.45, 7) is 7.64. The van der Waals surface area contributed by atoms with Crippen molar-refractivity contribution < 1.29 is 9.15 Å². The first kappa shape index (κ1) is 25.7. The second-order valence-electron chi connectivity index (χ2n) is 10.00. The molecule has 7 rings (SSSR count). The Balaban J connectivity index is 1.28. The number of anilines is 3. The maximum absolute atomic E-state index is 10.1. The molecule has 0 saturated heterocycles. The Morgan fingerprint density at radius 1 is 0.628 bits per heavy atom. The second kappa shape index (κ2) is 10.9. The molecule has 202 valence electrons. The molecule has 43 heavy (non-hydrogen) atoms. The monoisotopic (exact) mass is 553 g/mol. The Morgan fingerprint density at radius 2 is 1.28 bits per heavy atom. The molecule has 0 N–H and O–H groups in total. The van der Waals surface area contributed by atoms with Crippen molar-refractivity contribution in [1.82, 2.24) is 0 Å². The van der Waals surface area contributed by atoms with E-state index in [4.69, 9.17) is 15.7 Å². The van der Waals surface area contributed by atoms with Crippen molar-refractivity contribution in [3.05, 3.63) is 157 Å². The van der Waals surface area contributed by atoms with Gasteiger partial charge >= 0.3 is 0 Å². The van der Waals surface area contributed by atoms with Crippen molar-refractivity contribution >= 4 is 44.7 Å². The van der Waals surface area contributed by atoms with Gasteiger partial charge in [-0.1, -0.05) is 72.8 Å². The Morgan fingerprint density at radius 3 is 2.02 bits per heavy atom. The van der Waals surface area contributed by atoms with Crippen LogP contribution in [-0.2, 0) is 0 Å². The topological polar surface area (TPSA) is 53.8 Å². The molecule has 0 fully saturated rings. The summed E-state index contributed by atoms with van der Waals surface area (Å²) < 4.78 is 12.1. The van der Waals surface area contributed by atoms with Gasteiger partial charge in [0.25, 0.3) is 0 Å². The number of rotatable bonds is 6. The van der Waals surface area contributed by atoms with Crippen molar-refractivity contribution in [1.29, 1.82) is 5.26 Å². The number of ether oxygens (including phenoxy) is 1. The van der Waals surface area contributed by atoms with E-state index in [-0.39, 0.29) is 0 Å². The van der Waals surface area contributed by atoms with Gasteiger partial charge in [0.15, 0.2) is 0 Å². The van der Waals surface area contributed by atoms with Crippen molar-refractivity contribution in [2.75, 3.05) is 4.90 Å². The maximum atomic E-state index is 10.1. The van der Waals surface area contributed by atoms with E-state index in [1.807, 2.05) is 126 Å². The van der Waals surface area contributed by atoms with Crippen molar-refractivity contribution in [3.8, 4) is 28.7 Å². The van der Waals surface area contributed by atoms with Crippen LogP contribution in [0.5, 0.6) is 11.5 Å². The first-order valence-corrected chi connectivity index (χ1v) is 13.8. The highest BCUT2D eigenvalue weighted by atomic mass is 16.5. The van der Waals surface area contributed by atoms with Crippen LogP contribution in [0.3, 0.4) is 0 Å². The summed E-state index contributed by atoms with van der Waals surface area (Å²) in [5.74, 6) is 1.56. The molecule has 5 nitrogen and oxygen atoms in total. The van der Waals surface area contributed by atoms with Crippen LogP contribution in [0.2, 0.25) is 0 Å².